The number of ether oxygens (including phenoxy) is 6. The molecule has 17 unspecified atom stereocenters. The first-order valence-electron chi connectivity index (χ1n) is 42.4. The smallest absolute Gasteiger partial charge is 0.220 e. The van der Waals surface area contributed by atoms with Gasteiger partial charge in [0.2, 0.25) is 5.91 Å². The number of rotatable bonds is 68. The largest absolute Gasteiger partial charge is 0.394 e. The van der Waals surface area contributed by atoms with Crippen LogP contribution in [-0.4, -0.2) is 193 Å². The summed E-state index contributed by atoms with van der Waals surface area (Å²) in [6.07, 6.45) is 55.6. The van der Waals surface area contributed by atoms with Crippen LogP contribution in [0.4, 0.5) is 0 Å². The second-order valence-electron chi connectivity index (χ2n) is 30.3. The monoisotopic (exact) mass is 1470 g/mol. The molecule has 103 heavy (non-hydrogen) atoms. The summed E-state index contributed by atoms with van der Waals surface area (Å²) in [7, 11) is 0. The van der Waals surface area contributed by atoms with Gasteiger partial charge < -0.3 is 89.9 Å². The van der Waals surface area contributed by atoms with Crippen LogP contribution < -0.4 is 5.32 Å². The van der Waals surface area contributed by atoms with E-state index in [4.69, 9.17) is 28.4 Å². The number of nitrogens with one attached hydrogen (secondary N) is 1. The van der Waals surface area contributed by atoms with Crippen LogP contribution in [-0.2, 0) is 33.2 Å². The summed E-state index contributed by atoms with van der Waals surface area (Å²) >= 11 is 0. The molecular weight excluding hydrogens is 1310 g/mol. The molecule has 0 saturated carbocycles. The third-order valence-electron chi connectivity index (χ3n) is 21.1. The second-order valence-corrected chi connectivity index (χ2v) is 30.3. The Hall–Kier alpha value is -2.25. The molecule has 0 aromatic rings. The molecule has 3 saturated heterocycles. The average molecular weight is 1470 g/mol. The molecule has 0 aliphatic carbocycles. The molecule has 19 heteroatoms. The maximum Gasteiger partial charge on any atom is 0.220 e. The summed E-state index contributed by atoms with van der Waals surface area (Å²) in [5, 5.41) is 121. The van der Waals surface area contributed by atoms with E-state index in [1.54, 1.807) is 6.08 Å². The van der Waals surface area contributed by atoms with Gasteiger partial charge in [0, 0.05) is 6.42 Å². The fourth-order valence-electron chi connectivity index (χ4n) is 14.3. The van der Waals surface area contributed by atoms with Gasteiger partial charge >= 0.3 is 0 Å². The molecule has 604 valence electrons. The van der Waals surface area contributed by atoms with E-state index in [2.05, 4.69) is 55.6 Å². The quantitative estimate of drug-likeness (QED) is 0.0199. The third-order valence-corrected chi connectivity index (χ3v) is 21.1. The van der Waals surface area contributed by atoms with Crippen molar-refractivity contribution in [1.82, 2.24) is 5.32 Å². The Morgan fingerprint density at radius 1 is 0.350 bits per heavy atom. The zero-order chi connectivity index (χ0) is 74.6. The lowest BCUT2D eigenvalue weighted by molar-refractivity contribution is -0.379. The minimum absolute atomic E-state index is 0.247. The minimum atomic E-state index is -1.98. The van der Waals surface area contributed by atoms with Crippen molar-refractivity contribution in [1.29, 1.82) is 0 Å². The Morgan fingerprint density at radius 2 is 0.641 bits per heavy atom. The van der Waals surface area contributed by atoms with Gasteiger partial charge in [0.05, 0.1) is 38.6 Å². The van der Waals surface area contributed by atoms with Gasteiger partial charge in [-0.25, -0.2) is 0 Å². The van der Waals surface area contributed by atoms with E-state index in [1.807, 2.05) is 6.08 Å². The molecule has 19 nitrogen and oxygen atoms in total. The Bertz CT molecular complexity index is 2050. The normalized spacial score (nSPS) is 26.2. The van der Waals surface area contributed by atoms with Crippen LogP contribution in [0.1, 0.15) is 348 Å². The lowest BCUT2D eigenvalue weighted by Gasteiger charge is -2.48. The molecule has 3 heterocycles. The number of carbonyl (C=O) groups is 1. The molecule has 0 bridgehead atoms. The number of aliphatic hydroxyl groups is 11. The average Bonchev–Trinajstić information content (AvgIpc) is 0.782. The number of hydrogen-bond donors (Lipinski definition) is 12. The highest BCUT2D eigenvalue weighted by Gasteiger charge is 2.54. The highest BCUT2D eigenvalue weighted by atomic mass is 16.8. The molecule has 0 aromatic heterocycles. The van der Waals surface area contributed by atoms with Crippen LogP contribution in [0.15, 0.2) is 48.6 Å². The zero-order valence-corrected chi connectivity index (χ0v) is 64.8. The second kappa shape index (κ2) is 64.6. The maximum absolute atomic E-state index is 13.5. The van der Waals surface area contributed by atoms with Crippen molar-refractivity contribution >= 4 is 5.91 Å². The van der Waals surface area contributed by atoms with E-state index in [9.17, 15) is 61.0 Å². The van der Waals surface area contributed by atoms with Gasteiger partial charge in [0.1, 0.15) is 73.2 Å². The molecule has 3 aliphatic rings. The van der Waals surface area contributed by atoms with Crippen molar-refractivity contribution < 1.29 is 89.4 Å². The molecule has 0 aromatic carbocycles. The molecular formula is C84H155NO18. The zero-order valence-electron chi connectivity index (χ0n) is 64.8. The van der Waals surface area contributed by atoms with Crippen molar-refractivity contribution in [3.63, 3.8) is 0 Å². The molecule has 3 aliphatic heterocycles. The van der Waals surface area contributed by atoms with E-state index < -0.39 is 124 Å². The van der Waals surface area contributed by atoms with Crippen LogP contribution in [0.25, 0.3) is 0 Å². The summed E-state index contributed by atoms with van der Waals surface area (Å²) in [5.74, 6) is -0.269. The van der Waals surface area contributed by atoms with Gasteiger partial charge in [0.25, 0.3) is 0 Å². The molecule has 3 fully saturated rings. The van der Waals surface area contributed by atoms with Crippen molar-refractivity contribution in [3.05, 3.63) is 48.6 Å². The number of hydrogen-bond acceptors (Lipinski definition) is 18. The SMILES string of the molecule is CCCCCCC/C=C\C/C=C\C/C=C\CCCCCCCCCCCCCCCCCCCCCCCCCCCCC(=O)NC(COC1OC(CO)C(OC2OC(CO)C(OC3OC(CO)C(O)C(O)C3O)C(O)C2O)C(O)C1O)C(O)/C=C/CCCCCCCCCCCCCCCCC. The van der Waals surface area contributed by atoms with Gasteiger partial charge in [0.15, 0.2) is 18.9 Å². The molecule has 17 atom stereocenters. The first kappa shape index (κ1) is 95.0. The Labute approximate surface area is 624 Å². The number of allylic oxidation sites excluding steroid dienone is 7. The van der Waals surface area contributed by atoms with E-state index in [1.165, 1.54) is 263 Å². The number of carbonyl (C=O) groups excluding carboxylic acids is 1. The number of aliphatic hydroxyl groups excluding tert-OH is 11. The van der Waals surface area contributed by atoms with Crippen LogP contribution in [0, 0.1) is 0 Å². The summed E-state index contributed by atoms with van der Waals surface area (Å²) in [4.78, 5) is 13.5. The van der Waals surface area contributed by atoms with Crippen molar-refractivity contribution in [2.75, 3.05) is 26.4 Å². The van der Waals surface area contributed by atoms with E-state index in [0.29, 0.717) is 6.42 Å². The maximum atomic E-state index is 13.5. The lowest BCUT2D eigenvalue weighted by Crippen LogP contribution is -2.66. The van der Waals surface area contributed by atoms with Crippen LogP contribution in [0.2, 0.25) is 0 Å². The van der Waals surface area contributed by atoms with Gasteiger partial charge in [-0.2, -0.15) is 0 Å². The van der Waals surface area contributed by atoms with Gasteiger partial charge in [-0.1, -0.05) is 332 Å². The van der Waals surface area contributed by atoms with Crippen molar-refractivity contribution in [3.8, 4) is 0 Å². The van der Waals surface area contributed by atoms with Gasteiger partial charge in [-0.3, -0.25) is 4.79 Å². The summed E-state index contributed by atoms with van der Waals surface area (Å²) in [6, 6.07) is -0.972. The van der Waals surface area contributed by atoms with Crippen molar-refractivity contribution in [2.24, 2.45) is 0 Å². The van der Waals surface area contributed by atoms with Gasteiger partial charge in [-0.15, -0.1) is 0 Å². The van der Waals surface area contributed by atoms with Gasteiger partial charge in [-0.05, 0) is 57.8 Å². The van der Waals surface area contributed by atoms with E-state index >= 15 is 0 Å². The first-order chi connectivity index (χ1) is 50.3. The fourth-order valence-corrected chi connectivity index (χ4v) is 14.3. The van der Waals surface area contributed by atoms with Crippen LogP contribution in [0.3, 0.4) is 0 Å². The summed E-state index contributed by atoms with van der Waals surface area (Å²) < 4.78 is 34.4. The van der Waals surface area contributed by atoms with E-state index in [-0.39, 0.29) is 18.9 Å². The van der Waals surface area contributed by atoms with Crippen LogP contribution >= 0.6 is 0 Å². The third kappa shape index (κ3) is 44.3. The minimum Gasteiger partial charge on any atom is -0.394 e. The fraction of sp³-hybridized carbons (Fsp3) is 0.893. The highest BCUT2D eigenvalue weighted by molar-refractivity contribution is 5.76. The first-order valence-corrected chi connectivity index (χ1v) is 42.4. The molecule has 1 amide bonds. The predicted octanol–water partition coefficient (Wildman–Crippen LogP) is 14.8. The van der Waals surface area contributed by atoms with E-state index in [0.717, 1.165) is 57.8 Å². The Kier molecular flexibility index (Phi) is 59.5. The molecule has 0 spiro atoms. The summed E-state index contributed by atoms with van der Waals surface area (Å²) in [5.41, 5.74) is 0. The topological polar surface area (TPSA) is 307 Å². The predicted molar refractivity (Wildman–Crippen MR) is 411 cm³/mol. The molecule has 3 rings (SSSR count). The number of unbranched alkanes of at least 4 members (excludes halogenated alkanes) is 46. The number of amides is 1. The lowest BCUT2D eigenvalue weighted by atomic mass is 9.96. The van der Waals surface area contributed by atoms with Crippen molar-refractivity contribution in [2.45, 2.75) is 452 Å². The Morgan fingerprint density at radius 3 is 1.00 bits per heavy atom. The molecule has 0 radical (unpaired) electrons. The summed E-state index contributed by atoms with van der Waals surface area (Å²) in [6.45, 7) is 1.76. The highest BCUT2D eigenvalue weighted by Crippen LogP contribution is 2.33. The standard InChI is InChI=1S/C84H155NO18/c1-3-5-7-9-11-13-15-17-19-21-22-23-24-25-26-27-28-29-30-31-32-33-34-35-36-37-38-39-40-41-42-43-44-46-48-50-52-54-56-58-60-62-72(90)85-67(68(89)61-59-57-55-53-51-49-47-45-20-18-16-14-12-10-8-6-4-2)66-98-82-78(96)75(93)80(70(64-87)100-82)103-84-79(97)76(94)81(71(65-88)101-84)102-83-77(95)74(92)73(91)69(63-86)99-83/h15,17,21-22,24-25,59,61,67-71,73-84,86-89,91-97H,3-14,16,18-20,23,26-58,60,62-66H2,1-2H3,(H,85,90)/b17-15-,22-21-,25-24-,61-59+. The van der Waals surface area contributed by atoms with Crippen LogP contribution in [0.5, 0.6) is 0 Å². The molecule has 12 N–H and O–H groups in total. The Balaban J connectivity index is 1.28.